The van der Waals surface area contributed by atoms with Crippen molar-refractivity contribution >= 4 is 5.69 Å². The predicted octanol–water partition coefficient (Wildman–Crippen LogP) is 0.636. The SMILES string of the molecule is CC(O)c1ccc(N2CC(O)CC2CN(C)C)cn1. The highest BCUT2D eigenvalue weighted by Crippen LogP contribution is 2.26. The number of hydrogen-bond donors (Lipinski definition) is 2. The van der Waals surface area contributed by atoms with Crippen LogP contribution < -0.4 is 4.90 Å². The number of β-amino-alcohol motifs (C(OH)–C–C–N with tert-alkyl or cyclic N) is 1. The number of anilines is 1. The maximum absolute atomic E-state index is 9.87. The third-order valence-corrected chi connectivity index (χ3v) is 3.50. The molecule has 1 aliphatic rings. The van der Waals surface area contributed by atoms with E-state index in [0.29, 0.717) is 18.3 Å². The van der Waals surface area contributed by atoms with Crippen LogP contribution in [0, 0.1) is 0 Å². The van der Waals surface area contributed by atoms with Crippen molar-refractivity contribution in [2.24, 2.45) is 0 Å². The molecule has 0 saturated carbocycles. The molecule has 19 heavy (non-hydrogen) atoms. The highest BCUT2D eigenvalue weighted by atomic mass is 16.3. The summed E-state index contributed by atoms with van der Waals surface area (Å²) in [5, 5.41) is 19.3. The van der Waals surface area contributed by atoms with Crippen LogP contribution >= 0.6 is 0 Å². The Balaban J connectivity index is 2.14. The van der Waals surface area contributed by atoms with Gasteiger partial charge >= 0.3 is 0 Å². The zero-order valence-electron chi connectivity index (χ0n) is 11.8. The molecule has 0 radical (unpaired) electrons. The first kappa shape index (κ1) is 14.2. The minimum absolute atomic E-state index is 0.276. The fraction of sp³-hybridized carbons (Fsp3) is 0.643. The van der Waals surface area contributed by atoms with Crippen molar-refractivity contribution in [3.63, 3.8) is 0 Å². The molecular weight excluding hydrogens is 242 g/mol. The maximum Gasteiger partial charge on any atom is 0.0931 e. The van der Waals surface area contributed by atoms with E-state index in [0.717, 1.165) is 18.7 Å². The molecule has 2 rings (SSSR count). The van der Waals surface area contributed by atoms with Crippen molar-refractivity contribution in [2.75, 3.05) is 32.1 Å². The van der Waals surface area contributed by atoms with E-state index in [9.17, 15) is 10.2 Å². The molecule has 106 valence electrons. The van der Waals surface area contributed by atoms with Crippen molar-refractivity contribution in [3.05, 3.63) is 24.0 Å². The van der Waals surface area contributed by atoms with Gasteiger partial charge in [0.05, 0.1) is 29.8 Å². The van der Waals surface area contributed by atoms with Crippen molar-refractivity contribution in [3.8, 4) is 0 Å². The van der Waals surface area contributed by atoms with E-state index in [1.165, 1.54) is 0 Å². The number of aromatic nitrogens is 1. The Kier molecular flexibility index (Phi) is 4.39. The van der Waals surface area contributed by atoms with E-state index < -0.39 is 6.10 Å². The topological polar surface area (TPSA) is 59.8 Å². The van der Waals surface area contributed by atoms with Gasteiger partial charge in [0.15, 0.2) is 0 Å². The lowest BCUT2D eigenvalue weighted by molar-refractivity contribution is 0.191. The largest absolute Gasteiger partial charge is 0.391 e. The molecular formula is C14H23N3O2. The molecule has 5 nitrogen and oxygen atoms in total. The summed E-state index contributed by atoms with van der Waals surface area (Å²) in [4.78, 5) is 8.60. The second-order valence-corrected chi connectivity index (χ2v) is 5.58. The zero-order valence-corrected chi connectivity index (χ0v) is 11.8. The van der Waals surface area contributed by atoms with E-state index in [1.807, 2.05) is 26.2 Å². The summed E-state index contributed by atoms with van der Waals surface area (Å²) in [7, 11) is 4.08. The van der Waals surface area contributed by atoms with Gasteiger partial charge in [-0.05, 0) is 39.6 Å². The molecule has 3 atom stereocenters. The van der Waals surface area contributed by atoms with E-state index in [2.05, 4.69) is 14.8 Å². The minimum Gasteiger partial charge on any atom is -0.391 e. The molecule has 1 aromatic heterocycles. The summed E-state index contributed by atoms with van der Waals surface area (Å²) in [5.41, 5.74) is 1.68. The molecule has 0 bridgehead atoms. The molecule has 1 fully saturated rings. The van der Waals surface area contributed by atoms with E-state index in [4.69, 9.17) is 0 Å². The van der Waals surface area contributed by atoms with Gasteiger partial charge in [0.2, 0.25) is 0 Å². The van der Waals surface area contributed by atoms with Gasteiger partial charge in [0.1, 0.15) is 0 Å². The first-order valence-corrected chi connectivity index (χ1v) is 6.71. The Bertz CT molecular complexity index is 406. The lowest BCUT2D eigenvalue weighted by atomic mass is 10.2. The van der Waals surface area contributed by atoms with Crippen molar-refractivity contribution in [2.45, 2.75) is 31.6 Å². The smallest absolute Gasteiger partial charge is 0.0931 e. The Morgan fingerprint density at radius 2 is 2.21 bits per heavy atom. The van der Waals surface area contributed by atoms with Gasteiger partial charge in [-0.25, -0.2) is 0 Å². The molecule has 0 amide bonds. The highest BCUT2D eigenvalue weighted by molar-refractivity contribution is 5.47. The number of hydrogen-bond acceptors (Lipinski definition) is 5. The van der Waals surface area contributed by atoms with Crippen LogP contribution in [0.3, 0.4) is 0 Å². The van der Waals surface area contributed by atoms with Crippen LogP contribution in [0.25, 0.3) is 0 Å². The Hall–Kier alpha value is -1.17. The minimum atomic E-state index is -0.546. The number of rotatable bonds is 4. The quantitative estimate of drug-likeness (QED) is 0.836. The number of aliphatic hydroxyl groups excluding tert-OH is 2. The lowest BCUT2D eigenvalue weighted by Gasteiger charge is -2.28. The molecule has 3 unspecified atom stereocenters. The Morgan fingerprint density at radius 3 is 2.74 bits per heavy atom. The van der Waals surface area contributed by atoms with Crippen LogP contribution in [0.15, 0.2) is 18.3 Å². The summed E-state index contributed by atoms with van der Waals surface area (Å²) in [5.74, 6) is 0. The predicted molar refractivity (Wildman–Crippen MR) is 75.2 cm³/mol. The van der Waals surface area contributed by atoms with Gasteiger partial charge in [0, 0.05) is 19.1 Å². The first-order chi connectivity index (χ1) is 8.97. The van der Waals surface area contributed by atoms with Gasteiger partial charge in [-0.15, -0.1) is 0 Å². The van der Waals surface area contributed by atoms with Crippen molar-refractivity contribution < 1.29 is 10.2 Å². The second-order valence-electron chi connectivity index (χ2n) is 5.58. The number of nitrogens with zero attached hydrogens (tertiary/aromatic N) is 3. The maximum atomic E-state index is 9.87. The second kappa shape index (κ2) is 5.86. The fourth-order valence-corrected chi connectivity index (χ4v) is 2.62. The molecule has 0 aromatic carbocycles. The Labute approximate surface area is 114 Å². The van der Waals surface area contributed by atoms with Gasteiger partial charge in [0.25, 0.3) is 0 Å². The molecule has 0 spiro atoms. The molecule has 1 aliphatic heterocycles. The van der Waals surface area contributed by atoms with Crippen LogP contribution in [0.4, 0.5) is 5.69 Å². The molecule has 5 heteroatoms. The average molecular weight is 265 g/mol. The summed E-state index contributed by atoms with van der Waals surface area (Å²) in [6.07, 6.45) is 1.75. The summed E-state index contributed by atoms with van der Waals surface area (Å²) >= 11 is 0. The number of aliphatic hydroxyl groups is 2. The first-order valence-electron chi connectivity index (χ1n) is 6.71. The zero-order chi connectivity index (χ0) is 14.0. The molecule has 0 aliphatic carbocycles. The van der Waals surface area contributed by atoms with Crippen LogP contribution in [-0.4, -0.2) is 59.4 Å². The average Bonchev–Trinajstić information content (AvgIpc) is 2.69. The normalized spacial score (nSPS) is 25.1. The van der Waals surface area contributed by atoms with E-state index in [1.54, 1.807) is 13.1 Å². The molecule has 1 aromatic rings. The number of pyridine rings is 1. The van der Waals surface area contributed by atoms with Gasteiger partial charge in [-0.2, -0.15) is 0 Å². The fourth-order valence-electron chi connectivity index (χ4n) is 2.62. The van der Waals surface area contributed by atoms with Crippen LogP contribution in [0.2, 0.25) is 0 Å². The third-order valence-electron chi connectivity index (χ3n) is 3.50. The van der Waals surface area contributed by atoms with Crippen molar-refractivity contribution in [1.29, 1.82) is 0 Å². The van der Waals surface area contributed by atoms with E-state index in [-0.39, 0.29) is 6.10 Å². The standard InChI is InChI=1S/C14H23N3O2/c1-10(18)14-5-4-11(7-15-14)17-9-13(19)6-12(17)8-16(2)3/h4-5,7,10,12-13,18-19H,6,8-9H2,1-3H3. The molecule has 2 heterocycles. The lowest BCUT2D eigenvalue weighted by Crippen LogP contribution is -2.37. The molecule has 1 saturated heterocycles. The Morgan fingerprint density at radius 1 is 1.47 bits per heavy atom. The third kappa shape index (κ3) is 3.43. The highest BCUT2D eigenvalue weighted by Gasteiger charge is 2.31. The summed E-state index contributed by atoms with van der Waals surface area (Å²) in [6, 6.07) is 4.12. The van der Waals surface area contributed by atoms with Gasteiger partial charge < -0.3 is 20.0 Å². The van der Waals surface area contributed by atoms with Crippen LogP contribution in [0.5, 0.6) is 0 Å². The van der Waals surface area contributed by atoms with Gasteiger partial charge in [-0.1, -0.05) is 0 Å². The van der Waals surface area contributed by atoms with E-state index >= 15 is 0 Å². The van der Waals surface area contributed by atoms with Crippen molar-refractivity contribution in [1.82, 2.24) is 9.88 Å². The van der Waals surface area contributed by atoms with Crippen LogP contribution in [-0.2, 0) is 0 Å². The summed E-state index contributed by atoms with van der Waals surface area (Å²) in [6.45, 7) is 3.26. The van der Waals surface area contributed by atoms with Crippen LogP contribution in [0.1, 0.15) is 25.1 Å². The number of likely N-dealkylation sites (N-methyl/N-ethyl adjacent to an activating group) is 1. The van der Waals surface area contributed by atoms with Gasteiger partial charge in [-0.3, -0.25) is 4.98 Å². The monoisotopic (exact) mass is 265 g/mol. The summed E-state index contributed by atoms with van der Waals surface area (Å²) < 4.78 is 0. The molecule has 2 N–H and O–H groups in total.